The van der Waals surface area contributed by atoms with E-state index in [0.29, 0.717) is 0 Å². The number of aromatic amines is 1. The lowest BCUT2D eigenvalue weighted by Crippen LogP contribution is -2.43. The Morgan fingerprint density at radius 3 is 2.39 bits per heavy atom. The predicted molar refractivity (Wildman–Crippen MR) is 121 cm³/mol. The van der Waals surface area contributed by atoms with Crippen molar-refractivity contribution in [3.63, 3.8) is 0 Å². The first-order valence-corrected chi connectivity index (χ1v) is 10.6. The van der Waals surface area contributed by atoms with E-state index in [0.717, 1.165) is 52.3 Å². The maximum Gasteiger partial charge on any atom is 0.164 e. The van der Waals surface area contributed by atoms with Crippen molar-refractivity contribution in [2.24, 2.45) is 5.73 Å². The largest absolute Gasteiger partial charge is 0.321 e. The van der Waals surface area contributed by atoms with Crippen molar-refractivity contribution in [3.05, 3.63) is 84.7 Å². The third kappa shape index (κ3) is 2.87. The van der Waals surface area contributed by atoms with E-state index >= 15 is 0 Å². The van der Waals surface area contributed by atoms with Crippen LogP contribution in [-0.2, 0) is 5.54 Å². The number of fused-ring (bicyclic) bond motifs is 1. The van der Waals surface area contributed by atoms with Gasteiger partial charge < -0.3 is 5.73 Å². The van der Waals surface area contributed by atoms with Crippen LogP contribution in [0.2, 0.25) is 0 Å². The molecule has 0 unspecified atom stereocenters. The van der Waals surface area contributed by atoms with Crippen LogP contribution in [0.3, 0.4) is 0 Å². The third-order valence-electron chi connectivity index (χ3n) is 6.32. The molecule has 0 bridgehead atoms. The lowest BCUT2D eigenvalue weighted by molar-refractivity contribution is 0.253. The summed E-state index contributed by atoms with van der Waals surface area (Å²) in [5.41, 5.74) is 14.1. The van der Waals surface area contributed by atoms with E-state index < -0.39 is 0 Å². The standard InChI is InChI=1S/C25H22N6/c26-25(13-4-14-25)19-9-7-17(8-10-19)22-23(18-5-2-1-3-6-18)31-24(29-22)20(11-16-28-31)21-12-15-27-30-21/h1-3,5-12,15-16H,4,13-14,26H2,(H,27,30). The summed E-state index contributed by atoms with van der Waals surface area (Å²) in [6.07, 6.45) is 6.91. The summed E-state index contributed by atoms with van der Waals surface area (Å²) in [5.74, 6) is 0. The normalized spacial score (nSPS) is 15.1. The number of H-pyrrole nitrogens is 1. The van der Waals surface area contributed by atoms with E-state index in [9.17, 15) is 0 Å². The van der Waals surface area contributed by atoms with Gasteiger partial charge in [-0.2, -0.15) is 10.2 Å². The van der Waals surface area contributed by atoms with Crippen LogP contribution < -0.4 is 5.73 Å². The highest BCUT2D eigenvalue weighted by Gasteiger charge is 2.34. The predicted octanol–water partition coefficient (Wildman–Crippen LogP) is 4.79. The molecule has 2 aromatic carbocycles. The van der Waals surface area contributed by atoms with Gasteiger partial charge in [-0.3, -0.25) is 5.10 Å². The van der Waals surface area contributed by atoms with Crippen LogP contribution in [0.4, 0.5) is 0 Å². The SMILES string of the molecule is NC1(c2ccc(-c3nc4c(-c5cc[nH]n5)ccnn4c3-c3ccccc3)cc2)CCC1. The van der Waals surface area contributed by atoms with Gasteiger partial charge in [0.05, 0.1) is 11.4 Å². The minimum absolute atomic E-state index is 0.172. The summed E-state index contributed by atoms with van der Waals surface area (Å²) in [6.45, 7) is 0. The number of hydrogen-bond donors (Lipinski definition) is 2. The Morgan fingerprint density at radius 1 is 0.903 bits per heavy atom. The van der Waals surface area contributed by atoms with E-state index in [-0.39, 0.29) is 5.54 Å². The van der Waals surface area contributed by atoms with Gasteiger partial charge in [0.1, 0.15) is 5.69 Å². The Hall–Kier alpha value is -3.77. The van der Waals surface area contributed by atoms with Crippen LogP contribution in [-0.4, -0.2) is 24.8 Å². The molecule has 1 saturated carbocycles. The van der Waals surface area contributed by atoms with Gasteiger partial charge in [-0.05, 0) is 37.0 Å². The number of rotatable bonds is 4. The number of aromatic nitrogens is 5. The Morgan fingerprint density at radius 2 is 1.71 bits per heavy atom. The van der Waals surface area contributed by atoms with E-state index in [1.807, 2.05) is 41.0 Å². The second-order valence-corrected chi connectivity index (χ2v) is 8.20. The lowest BCUT2D eigenvalue weighted by atomic mass is 9.72. The van der Waals surface area contributed by atoms with Crippen molar-refractivity contribution < 1.29 is 0 Å². The molecule has 31 heavy (non-hydrogen) atoms. The Labute approximate surface area is 179 Å². The van der Waals surface area contributed by atoms with Crippen molar-refractivity contribution in [2.75, 3.05) is 0 Å². The van der Waals surface area contributed by atoms with Crippen LogP contribution in [0, 0.1) is 0 Å². The van der Waals surface area contributed by atoms with Gasteiger partial charge in [0.15, 0.2) is 5.65 Å². The van der Waals surface area contributed by atoms with Crippen LogP contribution in [0.25, 0.3) is 39.4 Å². The summed E-state index contributed by atoms with van der Waals surface area (Å²) < 4.78 is 1.92. The zero-order valence-electron chi connectivity index (χ0n) is 17.0. The van der Waals surface area contributed by atoms with Crippen LogP contribution in [0.5, 0.6) is 0 Å². The fourth-order valence-corrected chi connectivity index (χ4v) is 4.42. The molecule has 5 aromatic rings. The van der Waals surface area contributed by atoms with E-state index in [2.05, 4.69) is 51.7 Å². The van der Waals surface area contributed by atoms with E-state index in [1.54, 1.807) is 6.20 Å². The first kappa shape index (κ1) is 18.0. The van der Waals surface area contributed by atoms with Gasteiger partial charge in [-0.15, -0.1) is 0 Å². The van der Waals surface area contributed by atoms with Gasteiger partial charge >= 0.3 is 0 Å². The monoisotopic (exact) mass is 406 g/mol. The molecule has 1 aliphatic carbocycles. The topological polar surface area (TPSA) is 84.9 Å². The van der Waals surface area contributed by atoms with Crippen molar-refractivity contribution >= 4 is 5.65 Å². The molecule has 0 atom stereocenters. The van der Waals surface area contributed by atoms with Crippen molar-refractivity contribution in [2.45, 2.75) is 24.8 Å². The second kappa shape index (κ2) is 6.89. The minimum atomic E-state index is -0.172. The maximum absolute atomic E-state index is 6.53. The number of nitrogens with zero attached hydrogens (tertiary/aromatic N) is 4. The molecule has 152 valence electrons. The molecule has 3 heterocycles. The molecule has 0 saturated heterocycles. The Balaban J connectivity index is 1.57. The lowest BCUT2D eigenvalue weighted by Gasteiger charge is -2.38. The average molecular weight is 406 g/mol. The molecule has 0 spiro atoms. The van der Waals surface area contributed by atoms with Crippen molar-refractivity contribution in [3.8, 4) is 33.8 Å². The van der Waals surface area contributed by atoms with Crippen LogP contribution >= 0.6 is 0 Å². The quantitative estimate of drug-likeness (QED) is 0.449. The van der Waals surface area contributed by atoms with Crippen LogP contribution in [0.1, 0.15) is 24.8 Å². The Bertz CT molecular complexity index is 1350. The molecule has 0 radical (unpaired) electrons. The fourth-order valence-electron chi connectivity index (χ4n) is 4.42. The molecule has 0 aliphatic heterocycles. The highest BCUT2D eigenvalue weighted by Crippen LogP contribution is 2.40. The highest BCUT2D eigenvalue weighted by atomic mass is 15.3. The molecule has 1 aliphatic rings. The van der Waals surface area contributed by atoms with E-state index in [1.165, 1.54) is 12.0 Å². The second-order valence-electron chi connectivity index (χ2n) is 8.20. The number of nitrogens with one attached hydrogen (secondary N) is 1. The van der Waals surface area contributed by atoms with Gasteiger partial charge in [-0.25, -0.2) is 9.50 Å². The van der Waals surface area contributed by atoms with E-state index in [4.69, 9.17) is 10.7 Å². The minimum Gasteiger partial charge on any atom is -0.321 e. The van der Waals surface area contributed by atoms with Gasteiger partial charge in [-0.1, -0.05) is 54.6 Å². The molecule has 6 rings (SSSR count). The fraction of sp³-hybridized carbons (Fsp3) is 0.160. The molecule has 3 aromatic heterocycles. The molecule has 0 amide bonds. The van der Waals surface area contributed by atoms with Gasteiger partial charge in [0.25, 0.3) is 0 Å². The Kier molecular flexibility index (Phi) is 4.01. The third-order valence-corrected chi connectivity index (χ3v) is 6.32. The molecule has 6 nitrogen and oxygen atoms in total. The van der Waals surface area contributed by atoms with Gasteiger partial charge in [0, 0.05) is 34.6 Å². The number of hydrogen-bond acceptors (Lipinski definition) is 4. The van der Waals surface area contributed by atoms with Crippen molar-refractivity contribution in [1.82, 2.24) is 24.8 Å². The molecule has 3 N–H and O–H groups in total. The first-order valence-electron chi connectivity index (χ1n) is 10.6. The molecular weight excluding hydrogens is 384 g/mol. The number of benzene rings is 2. The number of nitrogens with two attached hydrogens (primary N) is 1. The average Bonchev–Trinajstić information content (AvgIpc) is 3.46. The summed E-state index contributed by atoms with van der Waals surface area (Å²) >= 11 is 0. The van der Waals surface area contributed by atoms with Crippen molar-refractivity contribution in [1.29, 1.82) is 0 Å². The maximum atomic E-state index is 6.53. The molecule has 6 heteroatoms. The molecule has 1 fully saturated rings. The summed E-state index contributed by atoms with van der Waals surface area (Å²) in [4.78, 5) is 5.06. The molecular formula is C25H22N6. The summed E-state index contributed by atoms with van der Waals surface area (Å²) in [7, 11) is 0. The first-order chi connectivity index (χ1) is 15.2. The summed E-state index contributed by atoms with van der Waals surface area (Å²) in [6, 6.07) is 22.7. The zero-order valence-corrected chi connectivity index (χ0v) is 17.0. The van der Waals surface area contributed by atoms with Crippen LogP contribution in [0.15, 0.2) is 79.1 Å². The summed E-state index contributed by atoms with van der Waals surface area (Å²) in [5, 5.41) is 11.9. The zero-order chi connectivity index (χ0) is 20.8. The highest BCUT2D eigenvalue weighted by molar-refractivity contribution is 5.86. The van der Waals surface area contributed by atoms with Gasteiger partial charge in [0.2, 0.25) is 0 Å². The smallest absolute Gasteiger partial charge is 0.164 e. The number of imidazole rings is 1.